The number of anilines is 1. The molecule has 0 atom stereocenters. The Morgan fingerprint density at radius 2 is 1.86 bits per heavy atom. The normalized spacial score (nSPS) is 11.7. The van der Waals surface area contributed by atoms with Crippen LogP contribution in [0.25, 0.3) is 11.0 Å². The van der Waals surface area contributed by atoms with E-state index in [9.17, 15) is 8.42 Å². The van der Waals surface area contributed by atoms with E-state index in [4.69, 9.17) is 0 Å². The van der Waals surface area contributed by atoms with Crippen molar-refractivity contribution in [2.45, 2.75) is 11.8 Å². The number of aromatic nitrogens is 3. The summed E-state index contributed by atoms with van der Waals surface area (Å²) in [5.41, 5.74) is 1.36. The van der Waals surface area contributed by atoms with E-state index >= 15 is 0 Å². The first-order valence-electron chi connectivity index (χ1n) is 6.36. The van der Waals surface area contributed by atoms with Gasteiger partial charge in [0.1, 0.15) is 0 Å². The first-order chi connectivity index (χ1) is 10.0. The number of hydrogen-bond acceptors (Lipinski definition) is 5. The van der Waals surface area contributed by atoms with Crippen LogP contribution in [0.3, 0.4) is 0 Å². The highest BCUT2D eigenvalue weighted by molar-refractivity contribution is 7.90. The standard InChI is InChI=1S/C14H14N4O2S/c1-10-3-5-12(6-4-10)21(19,20)18-8-7-11-9-16-14(15-2)17-13(11)18/h3-9H,1-2H3,(H,15,16,17). The third-order valence-electron chi connectivity index (χ3n) is 3.20. The second-order valence-electron chi connectivity index (χ2n) is 4.65. The zero-order chi connectivity index (χ0) is 15.0. The van der Waals surface area contributed by atoms with Gasteiger partial charge >= 0.3 is 0 Å². The molecule has 0 fully saturated rings. The minimum Gasteiger partial charge on any atom is -0.357 e. The maximum absolute atomic E-state index is 12.7. The molecule has 0 saturated carbocycles. The summed E-state index contributed by atoms with van der Waals surface area (Å²) in [6.07, 6.45) is 3.09. The fourth-order valence-corrected chi connectivity index (χ4v) is 3.34. The summed E-state index contributed by atoms with van der Waals surface area (Å²) in [6, 6.07) is 8.41. The van der Waals surface area contributed by atoms with E-state index in [0.717, 1.165) is 5.56 Å². The van der Waals surface area contributed by atoms with E-state index in [2.05, 4.69) is 15.3 Å². The van der Waals surface area contributed by atoms with Crippen LogP contribution in [0.15, 0.2) is 47.6 Å². The third-order valence-corrected chi connectivity index (χ3v) is 4.88. The van der Waals surface area contributed by atoms with E-state index in [-0.39, 0.29) is 4.90 Å². The Morgan fingerprint density at radius 1 is 1.14 bits per heavy atom. The Kier molecular flexibility index (Phi) is 3.13. The lowest BCUT2D eigenvalue weighted by Gasteiger charge is -2.07. The Labute approximate surface area is 122 Å². The molecule has 0 aliphatic heterocycles. The molecule has 7 heteroatoms. The smallest absolute Gasteiger partial charge is 0.269 e. The van der Waals surface area contributed by atoms with Gasteiger partial charge in [0.05, 0.1) is 4.90 Å². The Bertz CT molecular complexity index is 898. The summed E-state index contributed by atoms with van der Waals surface area (Å²) < 4.78 is 26.6. The van der Waals surface area contributed by atoms with Gasteiger partial charge in [-0.3, -0.25) is 0 Å². The maximum Gasteiger partial charge on any atom is 0.269 e. The van der Waals surface area contributed by atoms with E-state index in [1.165, 1.54) is 10.2 Å². The van der Waals surface area contributed by atoms with Crippen molar-refractivity contribution < 1.29 is 8.42 Å². The largest absolute Gasteiger partial charge is 0.357 e. The summed E-state index contributed by atoms with van der Waals surface area (Å²) in [7, 11) is -1.98. The molecule has 0 bridgehead atoms. The van der Waals surface area contributed by atoms with Gasteiger partial charge in [-0.2, -0.15) is 4.98 Å². The summed E-state index contributed by atoms with van der Waals surface area (Å²) in [4.78, 5) is 8.53. The molecule has 6 nitrogen and oxygen atoms in total. The van der Waals surface area contributed by atoms with Gasteiger partial charge in [-0.15, -0.1) is 0 Å². The molecule has 0 aliphatic carbocycles. The van der Waals surface area contributed by atoms with Crippen LogP contribution in [0.4, 0.5) is 5.95 Å². The lowest BCUT2D eigenvalue weighted by Crippen LogP contribution is -2.13. The fourth-order valence-electron chi connectivity index (χ4n) is 2.03. The quantitative estimate of drug-likeness (QED) is 0.801. The highest BCUT2D eigenvalue weighted by atomic mass is 32.2. The van der Waals surface area contributed by atoms with E-state index in [0.29, 0.717) is 17.0 Å². The SMILES string of the molecule is CNc1ncc2ccn(S(=O)(=O)c3ccc(C)cc3)c2n1. The summed E-state index contributed by atoms with van der Waals surface area (Å²) in [6.45, 7) is 1.91. The highest BCUT2D eigenvalue weighted by Crippen LogP contribution is 2.21. The van der Waals surface area contributed by atoms with Gasteiger partial charge in [-0.25, -0.2) is 17.4 Å². The molecule has 1 aromatic carbocycles. The molecule has 3 aromatic rings. The second-order valence-corrected chi connectivity index (χ2v) is 6.47. The number of benzene rings is 1. The zero-order valence-electron chi connectivity index (χ0n) is 11.6. The predicted octanol–water partition coefficient (Wildman–Crippen LogP) is 2.02. The average Bonchev–Trinajstić information content (AvgIpc) is 2.91. The molecule has 2 aromatic heterocycles. The number of hydrogen-bond donors (Lipinski definition) is 1. The summed E-state index contributed by atoms with van der Waals surface area (Å²) in [5, 5.41) is 3.48. The van der Waals surface area contributed by atoms with Crippen LogP contribution in [0.1, 0.15) is 5.56 Å². The molecule has 0 amide bonds. The summed E-state index contributed by atoms with van der Waals surface area (Å²) >= 11 is 0. The van der Waals surface area contributed by atoms with Crippen molar-refractivity contribution in [3.63, 3.8) is 0 Å². The molecule has 0 radical (unpaired) electrons. The number of aryl methyl sites for hydroxylation is 1. The van der Waals surface area contributed by atoms with Crippen LogP contribution in [0.2, 0.25) is 0 Å². The molecule has 1 N–H and O–H groups in total. The average molecular weight is 302 g/mol. The molecule has 21 heavy (non-hydrogen) atoms. The number of nitrogens with zero attached hydrogens (tertiary/aromatic N) is 3. The maximum atomic E-state index is 12.7. The van der Waals surface area contributed by atoms with Gasteiger partial charge in [-0.05, 0) is 25.1 Å². The number of nitrogens with one attached hydrogen (secondary N) is 1. The van der Waals surface area contributed by atoms with Crippen LogP contribution in [0, 0.1) is 6.92 Å². The minimum absolute atomic E-state index is 0.232. The van der Waals surface area contributed by atoms with Crippen LogP contribution in [-0.4, -0.2) is 29.4 Å². The minimum atomic E-state index is -3.67. The van der Waals surface area contributed by atoms with Gasteiger partial charge in [0, 0.05) is 24.8 Å². The van der Waals surface area contributed by atoms with Gasteiger partial charge in [0.2, 0.25) is 5.95 Å². The summed E-state index contributed by atoms with van der Waals surface area (Å²) in [5.74, 6) is 0.376. The van der Waals surface area contributed by atoms with Crippen LogP contribution in [-0.2, 0) is 10.0 Å². The van der Waals surface area contributed by atoms with Crippen molar-refractivity contribution >= 4 is 27.0 Å². The van der Waals surface area contributed by atoms with Crippen molar-refractivity contribution in [3.05, 3.63) is 48.3 Å². The molecule has 2 heterocycles. The zero-order valence-corrected chi connectivity index (χ0v) is 12.4. The molecule has 0 saturated heterocycles. The van der Waals surface area contributed by atoms with Crippen LogP contribution >= 0.6 is 0 Å². The molecular weight excluding hydrogens is 288 g/mol. The topological polar surface area (TPSA) is 76.9 Å². The first-order valence-corrected chi connectivity index (χ1v) is 7.80. The van der Waals surface area contributed by atoms with Gasteiger partial charge in [0.25, 0.3) is 10.0 Å². The highest BCUT2D eigenvalue weighted by Gasteiger charge is 2.19. The molecular formula is C14H14N4O2S. The van der Waals surface area contributed by atoms with Gasteiger partial charge in [0.15, 0.2) is 5.65 Å². The molecule has 0 aliphatic rings. The second kappa shape index (κ2) is 4.85. The molecule has 0 spiro atoms. The van der Waals surface area contributed by atoms with Crippen molar-refractivity contribution in [3.8, 4) is 0 Å². The predicted molar refractivity (Wildman–Crippen MR) is 80.8 cm³/mol. The molecule has 108 valence electrons. The molecule has 0 unspecified atom stereocenters. The van der Waals surface area contributed by atoms with Crippen molar-refractivity contribution in [2.24, 2.45) is 0 Å². The van der Waals surface area contributed by atoms with Crippen molar-refractivity contribution in [1.82, 2.24) is 13.9 Å². The first kappa shape index (κ1) is 13.6. The van der Waals surface area contributed by atoms with E-state index in [1.54, 1.807) is 43.6 Å². The Morgan fingerprint density at radius 3 is 2.52 bits per heavy atom. The van der Waals surface area contributed by atoms with Crippen LogP contribution < -0.4 is 5.32 Å². The van der Waals surface area contributed by atoms with E-state index < -0.39 is 10.0 Å². The lowest BCUT2D eigenvalue weighted by molar-refractivity contribution is 0.589. The monoisotopic (exact) mass is 302 g/mol. The Balaban J connectivity index is 2.21. The number of fused-ring (bicyclic) bond motifs is 1. The fraction of sp³-hybridized carbons (Fsp3) is 0.143. The Hall–Kier alpha value is -2.41. The van der Waals surface area contributed by atoms with Crippen molar-refractivity contribution in [2.75, 3.05) is 12.4 Å². The number of rotatable bonds is 3. The van der Waals surface area contributed by atoms with Gasteiger partial charge < -0.3 is 5.32 Å². The lowest BCUT2D eigenvalue weighted by atomic mass is 10.2. The van der Waals surface area contributed by atoms with Gasteiger partial charge in [-0.1, -0.05) is 17.7 Å². The third kappa shape index (κ3) is 2.25. The molecule has 3 rings (SSSR count). The van der Waals surface area contributed by atoms with E-state index in [1.807, 2.05) is 6.92 Å². The van der Waals surface area contributed by atoms with Crippen molar-refractivity contribution in [1.29, 1.82) is 0 Å². The van der Waals surface area contributed by atoms with Crippen LogP contribution in [0.5, 0.6) is 0 Å².